The van der Waals surface area contributed by atoms with Crippen molar-refractivity contribution < 1.29 is 9.59 Å². The van der Waals surface area contributed by atoms with Gasteiger partial charge >= 0.3 is 0 Å². The maximum absolute atomic E-state index is 11.2. The first kappa shape index (κ1) is 9.71. The van der Waals surface area contributed by atoms with E-state index < -0.39 is 0 Å². The van der Waals surface area contributed by atoms with Gasteiger partial charge in [0, 0.05) is 5.70 Å². The standard InChI is InChI=1S/C10H13NO2/c1-6(2)7(3)11-9(8(4)12)5-10(11)13/h9H,1,3,5H2,2,4H3. The molecule has 0 radical (unpaired) electrons. The molecule has 70 valence electrons. The predicted molar refractivity (Wildman–Crippen MR) is 49.9 cm³/mol. The van der Waals surface area contributed by atoms with Crippen LogP contribution in [0.4, 0.5) is 0 Å². The van der Waals surface area contributed by atoms with Gasteiger partial charge in [-0.3, -0.25) is 9.59 Å². The number of amides is 1. The van der Waals surface area contributed by atoms with E-state index in [4.69, 9.17) is 0 Å². The Labute approximate surface area is 77.7 Å². The first-order chi connectivity index (χ1) is 5.95. The first-order valence-electron chi connectivity index (χ1n) is 4.12. The monoisotopic (exact) mass is 179 g/mol. The van der Waals surface area contributed by atoms with Gasteiger partial charge in [-0.15, -0.1) is 0 Å². The van der Waals surface area contributed by atoms with Crippen LogP contribution in [-0.2, 0) is 9.59 Å². The van der Waals surface area contributed by atoms with Crippen LogP contribution in [0.5, 0.6) is 0 Å². The molecule has 1 atom stereocenters. The molecule has 1 fully saturated rings. The van der Waals surface area contributed by atoms with Crippen molar-refractivity contribution in [3.63, 3.8) is 0 Å². The van der Waals surface area contributed by atoms with E-state index in [1.165, 1.54) is 11.8 Å². The molecular weight excluding hydrogens is 166 g/mol. The van der Waals surface area contributed by atoms with Gasteiger partial charge in [0.25, 0.3) is 0 Å². The second-order valence-corrected chi connectivity index (χ2v) is 3.32. The minimum absolute atomic E-state index is 0.00185. The highest BCUT2D eigenvalue weighted by Crippen LogP contribution is 2.27. The number of likely N-dealkylation sites (tertiary alicyclic amines) is 1. The van der Waals surface area contributed by atoms with Gasteiger partial charge in [-0.2, -0.15) is 0 Å². The number of Topliss-reactive ketones (excluding diaryl/α,β-unsaturated/α-hetero) is 1. The van der Waals surface area contributed by atoms with Crippen molar-refractivity contribution in [3.8, 4) is 0 Å². The summed E-state index contributed by atoms with van der Waals surface area (Å²) in [6, 6.07) is -0.309. The summed E-state index contributed by atoms with van der Waals surface area (Å²) in [6.07, 6.45) is 0.307. The molecule has 3 heteroatoms. The van der Waals surface area contributed by atoms with E-state index in [1.807, 2.05) is 0 Å². The third-order valence-electron chi connectivity index (χ3n) is 2.20. The Kier molecular flexibility index (Phi) is 2.36. The molecular formula is C10H13NO2. The van der Waals surface area contributed by atoms with Crippen molar-refractivity contribution >= 4 is 11.7 Å². The number of carbonyl (C=O) groups is 2. The summed E-state index contributed by atoms with van der Waals surface area (Å²) in [6.45, 7) is 10.6. The van der Waals surface area contributed by atoms with E-state index >= 15 is 0 Å². The Balaban J connectivity index is 2.78. The molecule has 1 heterocycles. The maximum atomic E-state index is 11.2. The normalized spacial score (nSPS) is 20.9. The Bertz CT molecular complexity index is 304. The topological polar surface area (TPSA) is 37.4 Å². The molecule has 1 unspecified atom stereocenters. The fourth-order valence-corrected chi connectivity index (χ4v) is 1.29. The lowest BCUT2D eigenvalue weighted by molar-refractivity contribution is -0.148. The number of nitrogens with zero attached hydrogens (tertiary/aromatic N) is 1. The summed E-state index contributed by atoms with van der Waals surface area (Å²) >= 11 is 0. The second kappa shape index (κ2) is 3.17. The van der Waals surface area contributed by atoms with Crippen LogP contribution in [0.3, 0.4) is 0 Å². The molecule has 0 aromatic heterocycles. The summed E-state index contributed by atoms with van der Waals surface area (Å²) in [5, 5.41) is 0. The summed E-state index contributed by atoms with van der Waals surface area (Å²) < 4.78 is 0. The molecule has 0 aromatic rings. The van der Waals surface area contributed by atoms with Crippen LogP contribution in [0.25, 0.3) is 0 Å². The van der Waals surface area contributed by atoms with Crippen LogP contribution in [0.2, 0.25) is 0 Å². The molecule has 0 bridgehead atoms. The molecule has 1 amide bonds. The molecule has 0 N–H and O–H groups in total. The average molecular weight is 179 g/mol. The lowest BCUT2D eigenvalue weighted by Crippen LogP contribution is -2.55. The van der Waals surface area contributed by atoms with E-state index in [0.29, 0.717) is 12.1 Å². The van der Waals surface area contributed by atoms with Crippen LogP contribution in [0.1, 0.15) is 20.3 Å². The van der Waals surface area contributed by atoms with Gasteiger partial charge in [0.1, 0.15) is 6.04 Å². The fraction of sp³-hybridized carbons (Fsp3) is 0.400. The number of carbonyl (C=O) groups excluding carboxylic acids is 2. The summed E-state index contributed by atoms with van der Waals surface area (Å²) in [4.78, 5) is 23.6. The zero-order valence-electron chi connectivity index (χ0n) is 7.96. The number of hydrogen-bond acceptors (Lipinski definition) is 2. The van der Waals surface area contributed by atoms with Gasteiger partial charge < -0.3 is 4.90 Å². The number of β-lactam (4-membered cyclic amide) rings is 1. The zero-order chi connectivity index (χ0) is 10.2. The molecule has 1 rings (SSSR count). The van der Waals surface area contributed by atoms with Crippen molar-refractivity contribution in [3.05, 3.63) is 24.4 Å². The van der Waals surface area contributed by atoms with Crippen molar-refractivity contribution in [1.82, 2.24) is 4.90 Å². The highest BCUT2D eigenvalue weighted by molar-refractivity contribution is 5.98. The smallest absolute Gasteiger partial charge is 0.230 e. The molecule has 0 saturated carbocycles. The lowest BCUT2D eigenvalue weighted by Gasteiger charge is -2.40. The highest BCUT2D eigenvalue weighted by Gasteiger charge is 2.40. The Morgan fingerprint density at radius 3 is 2.31 bits per heavy atom. The average Bonchev–Trinajstić information content (AvgIpc) is 1.99. The molecule has 1 aliphatic heterocycles. The van der Waals surface area contributed by atoms with Crippen LogP contribution in [-0.4, -0.2) is 22.6 Å². The Morgan fingerprint density at radius 1 is 1.46 bits per heavy atom. The number of ketones is 1. The summed E-state index contributed by atoms with van der Waals surface area (Å²) in [5.74, 6) is -0.0461. The van der Waals surface area contributed by atoms with Crippen molar-refractivity contribution in [2.45, 2.75) is 26.3 Å². The van der Waals surface area contributed by atoms with Gasteiger partial charge in [0.2, 0.25) is 5.91 Å². The van der Waals surface area contributed by atoms with Crippen molar-refractivity contribution in [1.29, 1.82) is 0 Å². The van der Waals surface area contributed by atoms with Gasteiger partial charge in [0.15, 0.2) is 5.78 Å². The van der Waals surface area contributed by atoms with Crippen LogP contribution in [0.15, 0.2) is 24.4 Å². The van der Waals surface area contributed by atoms with E-state index in [2.05, 4.69) is 13.2 Å². The minimum atomic E-state index is -0.309. The van der Waals surface area contributed by atoms with Crippen molar-refractivity contribution in [2.75, 3.05) is 0 Å². The first-order valence-corrected chi connectivity index (χ1v) is 4.12. The minimum Gasteiger partial charge on any atom is -0.302 e. The lowest BCUT2D eigenvalue weighted by atomic mass is 9.96. The Hall–Kier alpha value is -1.38. The molecule has 0 aromatic carbocycles. The number of allylic oxidation sites excluding steroid dienone is 1. The van der Waals surface area contributed by atoms with Gasteiger partial charge in [0.05, 0.1) is 6.42 Å². The van der Waals surface area contributed by atoms with Crippen LogP contribution >= 0.6 is 0 Å². The van der Waals surface area contributed by atoms with E-state index in [-0.39, 0.29) is 17.7 Å². The zero-order valence-corrected chi connectivity index (χ0v) is 7.96. The SMILES string of the molecule is C=C(C)C(=C)N1C(=O)CC1C(C)=O. The van der Waals surface area contributed by atoms with E-state index in [0.717, 1.165) is 5.57 Å². The predicted octanol–water partition coefficient (Wildman–Crippen LogP) is 1.27. The van der Waals surface area contributed by atoms with Gasteiger partial charge in [-0.05, 0) is 19.4 Å². The number of rotatable bonds is 3. The highest BCUT2D eigenvalue weighted by atomic mass is 16.2. The molecule has 1 aliphatic rings. The quantitative estimate of drug-likeness (QED) is 0.483. The molecule has 0 spiro atoms. The summed E-state index contributed by atoms with van der Waals surface area (Å²) in [5.41, 5.74) is 1.27. The van der Waals surface area contributed by atoms with Gasteiger partial charge in [-0.1, -0.05) is 13.2 Å². The molecule has 1 saturated heterocycles. The van der Waals surface area contributed by atoms with E-state index in [9.17, 15) is 9.59 Å². The van der Waals surface area contributed by atoms with Crippen LogP contribution in [0, 0.1) is 0 Å². The molecule has 3 nitrogen and oxygen atoms in total. The largest absolute Gasteiger partial charge is 0.302 e. The van der Waals surface area contributed by atoms with Crippen LogP contribution < -0.4 is 0 Å². The van der Waals surface area contributed by atoms with Gasteiger partial charge in [-0.25, -0.2) is 0 Å². The fourth-order valence-electron chi connectivity index (χ4n) is 1.29. The maximum Gasteiger partial charge on any atom is 0.230 e. The molecule has 13 heavy (non-hydrogen) atoms. The molecule has 0 aliphatic carbocycles. The van der Waals surface area contributed by atoms with E-state index in [1.54, 1.807) is 6.92 Å². The Morgan fingerprint density at radius 2 is 2.00 bits per heavy atom. The number of hydrogen-bond donors (Lipinski definition) is 0. The van der Waals surface area contributed by atoms with Crippen molar-refractivity contribution in [2.24, 2.45) is 0 Å². The second-order valence-electron chi connectivity index (χ2n) is 3.32. The summed E-state index contributed by atoms with van der Waals surface area (Å²) in [7, 11) is 0. The third-order valence-corrected chi connectivity index (χ3v) is 2.20. The third kappa shape index (κ3) is 1.54.